The molecule has 108 valence electrons. The fourth-order valence-corrected chi connectivity index (χ4v) is 2.48. The summed E-state index contributed by atoms with van der Waals surface area (Å²) in [6, 6.07) is 4.11. The lowest BCUT2D eigenvalue weighted by atomic mass is 10.1. The monoisotopic (exact) mass is 289 g/mol. The second-order valence-electron chi connectivity index (χ2n) is 4.57. The first-order chi connectivity index (χ1) is 10.0. The third kappa shape index (κ3) is 1.89. The highest BCUT2D eigenvalue weighted by Gasteiger charge is 2.21. The van der Waals surface area contributed by atoms with Crippen molar-refractivity contribution >= 4 is 27.8 Å². The molecule has 0 unspecified atom stereocenters. The fourth-order valence-electron chi connectivity index (χ4n) is 2.48. The number of nitrogens with zero attached hydrogens (tertiary/aromatic N) is 2. The normalized spacial score (nSPS) is 11.2. The number of esters is 1. The number of carbonyl (C=O) groups excluding carboxylic acids is 1. The maximum Gasteiger partial charge on any atom is 0.359 e. The van der Waals surface area contributed by atoms with Gasteiger partial charge >= 0.3 is 5.97 Å². The maximum absolute atomic E-state index is 13.4. The standard InChI is InChI=1S/C14H12FN3O3/c1-3-21-14(20)11-10-8-5-4-7(15)6-9(8)18(2)12(10)13(19)17-16-11/h4-6H,3H2,1-2H3,(H,17,19). The van der Waals surface area contributed by atoms with Crippen LogP contribution in [-0.4, -0.2) is 27.3 Å². The molecule has 0 aliphatic rings. The summed E-state index contributed by atoms with van der Waals surface area (Å²) in [4.78, 5) is 24.0. The number of aryl methyl sites for hydroxylation is 1. The first-order valence-corrected chi connectivity index (χ1v) is 6.38. The average Bonchev–Trinajstić information content (AvgIpc) is 2.74. The Morgan fingerprint density at radius 2 is 2.24 bits per heavy atom. The van der Waals surface area contributed by atoms with Gasteiger partial charge in [-0.25, -0.2) is 14.3 Å². The van der Waals surface area contributed by atoms with E-state index < -0.39 is 17.3 Å². The number of aromatic nitrogens is 3. The molecule has 2 heterocycles. The molecule has 0 radical (unpaired) electrons. The number of hydrogen-bond acceptors (Lipinski definition) is 4. The molecule has 2 aromatic heterocycles. The van der Waals surface area contributed by atoms with Crippen LogP contribution in [0.25, 0.3) is 21.8 Å². The van der Waals surface area contributed by atoms with Crippen LogP contribution in [0.4, 0.5) is 4.39 Å². The number of ether oxygens (including phenoxy) is 1. The van der Waals surface area contributed by atoms with Gasteiger partial charge in [0.25, 0.3) is 5.56 Å². The number of nitrogens with one attached hydrogen (secondary N) is 1. The number of H-pyrrole nitrogens is 1. The largest absolute Gasteiger partial charge is 0.461 e. The van der Waals surface area contributed by atoms with Gasteiger partial charge in [0.05, 0.1) is 12.1 Å². The molecule has 21 heavy (non-hydrogen) atoms. The summed E-state index contributed by atoms with van der Waals surface area (Å²) in [5.41, 5.74) is 0.337. The highest BCUT2D eigenvalue weighted by atomic mass is 19.1. The number of benzene rings is 1. The van der Waals surface area contributed by atoms with Crippen molar-refractivity contribution in [1.29, 1.82) is 0 Å². The third-order valence-electron chi connectivity index (χ3n) is 3.35. The van der Waals surface area contributed by atoms with Gasteiger partial charge in [-0.3, -0.25) is 4.79 Å². The lowest BCUT2D eigenvalue weighted by Gasteiger charge is -2.02. The minimum Gasteiger partial charge on any atom is -0.461 e. The molecule has 0 fully saturated rings. The van der Waals surface area contributed by atoms with Crippen LogP contribution in [-0.2, 0) is 11.8 Å². The molecule has 0 atom stereocenters. The Bertz CT molecular complexity index is 926. The average molecular weight is 289 g/mol. The van der Waals surface area contributed by atoms with E-state index in [-0.39, 0.29) is 17.8 Å². The van der Waals surface area contributed by atoms with Gasteiger partial charge in [-0.2, -0.15) is 5.10 Å². The lowest BCUT2D eigenvalue weighted by molar-refractivity contribution is 0.0521. The van der Waals surface area contributed by atoms with E-state index in [9.17, 15) is 14.0 Å². The molecule has 0 aliphatic heterocycles. The quantitative estimate of drug-likeness (QED) is 0.729. The molecule has 3 rings (SSSR count). The Morgan fingerprint density at radius 3 is 2.95 bits per heavy atom. The van der Waals surface area contributed by atoms with Crippen LogP contribution < -0.4 is 5.56 Å². The van der Waals surface area contributed by atoms with E-state index in [0.717, 1.165) is 0 Å². The maximum atomic E-state index is 13.4. The first-order valence-electron chi connectivity index (χ1n) is 6.38. The number of rotatable bonds is 2. The van der Waals surface area contributed by atoms with Gasteiger partial charge in [0.15, 0.2) is 5.69 Å². The zero-order valence-electron chi connectivity index (χ0n) is 11.4. The molecule has 0 saturated heterocycles. The van der Waals surface area contributed by atoms with Gasteiger partial charge in [-0.15, -0.1) is 0 Å². The van der Waals surface area contributed by atoms with Gasteiger partial charge < -0.3 is 9.30 Å². The molecule has 0 spiro atoms. The topological polar surface area (TPSA) is 77.0 Å². The van der Waals surface area contributed by atoms with Gasteiger partial charge in [-0.1, -0.05) is 0 Å². The van der Waals surface area contributed by atoms with E-state index in [2.05, 4.69) is 10.2 Å². The number of fused-ring (bicyclic) bond motifs is 3. The van der Waals surface area contributed by atoms with Crippen LogP contribution >= 0.6 is 0 Å². The van der Waals surface area contributed by atoms with Crippen LogP contribution in [0.5, 0.6) is 0 Å². The van der Waals surface area contributed by atoms with Gasteiger partial charge in [-0.05, 0) is 25.1 Å². The molecule has 0 aliphatic carbocycles. The summed E-state index contributed by atoms with van der Waals surface area (Å²) < 4.78 is 19.9. The van der Waals surface area contributed by atoms with E-state index in [1.165, 1.54) is 22.8 Å². The molecule has 1 aromatic carbocycles. The van der Waals surface area contributed by atoms with Crippen molar-refractivity contribution in [2.75, 3.05) is 6.61 Å². The number of carbonyl (C=O) groups is 1. The van der Waals surface area contributed by atoms with Crippen LogP contribution in [0.2, 0.25) is 0 Å². The Hall–Kier alpha value is -2.70. The molecule has 0 saturated carbocycles. The van der Waals surface area contributed by atoms with Crippen molar-refractivity contribution in [1.82, 2.24) is 14.8 Å². The predicted octanol–water partition coefficient (Wildman–Crippen LogP) is 1.73. The van der Waals surface area contributed by atoms with Crippen LogP contribution in [0, 0.1) is 5.82 Å². The molecule has 6 nitrogen and oxygen atoms in total. The Kier molecular flexibility index (Phi) is 2.97. The minimum absolute atomic E-state index is 0.0173. The van der Waals surface area contributed by atoms with Crippen molar-refractivity contribution < 1.29 is 13.9 Å². The van der Waals surface area contributed by atoms with E-state index in [0.29, 0.717) is 16.3 Å². The summed E-state index contributed by atoms with van der Waals surface area (Å²) in [7, 11) is 1.63. The Morgan fingerprint density at radius 1 is 1.48 bits per heavy atom. The van der Waals surface area contributed by atoms with Gasteiger partial charge in [0.1, 0.15) is 11.3 Å². The lowest BCUT2D eigenvalue weighted by Crippen LogP contribution is -2.17. The molecule has 0 bridgehead atoms. The number of aromatic amines is 1. The molecule has 3 aromatic rings. The van der Waals surface area contributed by atoms with E-state index in [1.807, 2.05) is 0 Å². The van der Waals surface area contributed by atoms with Crippen molar-refractivity contribution in [3.8, 4) is 0 Å². The van der Waals surface area contributed by atoms with Crippen molar-refractivity contribution in [3.05, 3.63) is 40.1 Å². The van der Waals surface area contributed by atoms with E-state index >= 15 is 0 Å². The fraction of sp³-hybridized carbons (Fsp3) is 0.214. The third-order valence-corrected chi connectivity index (χ3v) is 3.35. The number of hydrogen-bond donors (Lipinski definition) is 1. The highest BCUT2D eigenvalue weighted by molar-refractivity contribution is 6.15. The zero-order valence-corrected chi connectivity index (χ0v) is 11.4. The molecule has 7 heteroatoms. The summed E-state index contributed by atoms with van der Waals surface area (Å²) in [6.07, 6.45) is 0. The molecular formula is C14H12FN3O3. The summed E-state index contributed by atoms with van der Waals surface area (Å²) in [5, 5.41) is 7.02. The highest BCUT2D eigenvalue weighted by Crippen LogP contribution is 2.28. The van der Waals surface area contributed by atoms with Crippen molar-refractivity contribution in [3.63, 3.8) is 0 Å². The van der Waals surface area contributed by atoms with Crippen LogP contribution in [0.15, 0.2) is 23.0 Å². The van der Waals surface area contributed by atoms with Gasteiger partial charge in [0, 0.05) is 17.8 Å². The van der Waals surface area contributed by atoms with E-state index in [1.54, 1.807) is 14.0 Å². The Balaban J connectivity index is 2.50. The molecule has 1 N–H and O–H groups in total. The van der Waals surface area contributed by atoms with E-state index in [4.69, 9.17) is 4.74 Å². The van der Waals surface area contributed by atoms with Crippen molar-refractivity contribution in [2.24, 2.45) is 7.05 Å². The minimum atomic E-state index is -0.629. The first kappa shape index (κ1) is 13.3. The second kappa shape index (κ2) is 4.69. The zero-order chi connectivity index (χ0) is 15.1. The van der Waals surface area contributed by atoms with Gasteiger partial charge in [0.2, 0.25) is 0 Å². The Labute approximate surface area is 118 Å². The van der Waals surface area contributed by atoms with Crippen LogP contribution in [0.1, 0.15) is 17.4 Å². The van der Waals surface area contributed by atoms with Crippen LogP contribution in [0.3, 0.4) is 0 Å². The number of halogens is 1. The summed E-state index contributed by atoms with van der Waals surface area (Å²) >= 11 is 0. The smallest absolute Gasteiger partial charge is 0.359 e. The summed E-state index contributed by atoms with van der Waals surface area (Å²) in [5.74, 6) is -1.05. The van der Waals surface area contributed by atoms with Crippen molar-refractivity contribution in [2.45, 2.75) is 6.92 Å². The predicted molar refractivity (Wildman–Crippen MR) is 74.8 cm³/mol. The molecule has 0 amide bonds. The SMILES string of the molecule is CCOC(=O)c1n[nH]c(=O)c2c1c1ccc(F)cc1n2C. The summed E-state index contributed by atoms with van der Waals surface area (Å²) in [6.45, 7) is 1.87. The molecular weight excluding hydrogens is 277 g/mol. The second-order valence-corrected chi connectivity index (χ2v) is 4.57.